The lowest BCUT2D eigenvalue weighted by molar-refractivity contribution is 0.911. The number of H-pyrrole nitrogens is 1. The summed E-state index contributed by atoms with van der Waals surface area (Å²) in [5.41, 5.74) is 8.55. The largest absolute Gasteiger partial charge is 0.394 e. The van der Waals surface area contributed by atoms with Crippen LogP contribution in [0.25, 0.3) is 0 Å². The summed E-state index contributed by atoms with van der Waals surface area (Å²) in [5.74, 6) is 0. The molecule has 2 aromatic rings. The average molecular weight is 215 g/mol. The van der Waals surface area contributed by atoms with Crippen molar-refractivity contribution in [3.8, 4) is 0 Å². The molecule has 0 aliphatic carbocycles. The van der Waals surface area contributed by atoms with E-state index in [-0.39, 0.29) is 11.2 Å². The van der Waals surface area contributed by atoms with Crippen LogP contribution in [0.1, 0.15) is 16.8 Å². The van der Waals surface area contributed by atoms with Crippen molar-refractivity contribution in [3.63, 3.8) is 0 Å². The summed E-state index contributed by atoms with van der Waals surface area (Å²) in [6, 6.07) is 9.68. The number of nitrogens with two attached hydrogens (primary N) is 1. The lowest BCUT2D eigenvalue weighted by Crippen LogP contribution is -2.14. The molecule has 0 saturated heterocycles. The maximum absolute atomic E-state index is 11.0. The Labute approximate surface area is 93.1 Å². The first-order valence-electron chi connectivity index (χ1n) is 5.05. The fourth-order valence-corrected chi connectivity index (χ4v) is 1.56. The lowest BCUT2D eigenvalue weighted by Gasteiger charge is -2.04. The molecule has 0 atom stereocenters. The van der Waals surface area contributed by atoms with Crippen LogP contribution in [-0.2, 0) is 6.42 Å². The molecule has 0 unspecified atom stereocenters. The molecule has 2 rings (SSSR count). The van der Waals surface area contributed by atoms with Crippen LogP contribution in [0.3, 0.4) is 0 Å². The van der Waals surface area contributed by atoms with Gasteiger partial charge in [0, 0.05) is 6.42 Å². The minimum absolute atomic E-state index is 0.207. The van der Waals surface area contributed by atoms with Gasteiger partial charge in [-0.3, -0.25) is 4.79 Å². The zero-order valence-corrected chi connectivity index (χ0v) is 9.03. The van der Waals surface area contributed by atoms with E-state index in [0.717, 1.165) is 5.69 Å². The van der Waals surface area contributed by atoms with Gasteiger partial charge in [0.15, 0.2) is 0 Å². The molecule has 0 saturated carbocycles. The third kappa shape index (κ3) is 2.11. The second-order valence-electron chi connectivity index (χ2n) is 3.75. The first-order valence-corrected chi connectivity index (χ1v) is 5.05. The number of rotatable bonds is 2. The van der Waals surface area contributed by atoms with Crippen LogP contribution >= 0.6 is 0 Å². The van der Waals surface area contributed by atoms with Gasteiger partial charge in [-0.1, -0.05) is 24.3 Å². The number of nitrogen functional groups attached to an aromatic ring is 1. The molecule has 3 N–H and O–H groups in total. The van der Waals surface area contributed by atoms with Crippen LogP contribution < -0.4 is 11.3 Å². The van der Waals surface area contributed by atoms with E-state index < -0.39 is 0 Å². The summed E-state index contributed by atoms with van der Waals surface area (Å²) in [4.78, 5) is 11.0. The Morgan fingerprint density at radius 2 is 2.12 bits per heavy atom. The van der Waals surface area contributed by atoms with Gasteiger partial charge in [-0.25, -0.2) is 5.10 Å². The lowest BCUT2D eigenvalue weighted by atomic mass is 10.0. The van der Waals surface area contributed by atoms with Crippen molar-refractivity contribution >= 4 is 5.69 Å². The van der Waals surface area contributed by atoms with Gasteiger partial charge in [0.05, 0.1) is 5.69 Å². The van der Waals surface area contributed by atoms with Crippen LogP contribution in [0, 0.1) is 6.92 Å². The Bertz CT molecular complexity index is 560. The fraction of sp³-hybridized carbons (Fsp3) is 0.167. The first-order chi connectivity index (χ1) is 7.66. The van der Waals surface area contributed by atoms with Gasteiger partial charge in [-0.15, -0.1) is 0 Å². The third-order valence-electron chi connectivity index (χ3n) is 2.52. The van der Waals surface area contributed by atoms with Crippen LogP contribution in [-0.4, -0.2) is 10.2 Å². The molecule has 4 nitrogen and oxygen atoms in total. The van der Waals surface area contributed by atoms with Crippen molar-refractivity contribution in [2.45, 2.75) is 13.3 Å². The fourth-order valence-electron chi connectivity index (χ4n) is 1.56. The smallest absolute Gasteiger partial charge is 0.287 e. The van der Waals surface area contributed by atoms with E-state index in [1.807, 2.05) is 31.2 Å². The number of anilines is 1. The van der Waals surface area contributed by atoms with Crippen LogP contribution in [0.15, 0.2) is 35.1 Å². The highest BCUT2D eigenvalue weighted by molar-refractivity contribution is 5.37. The highest BCUT2D eigenvalue weighted by atomic mass is 16.1. The van der Waals surface area contributed by atoms with Crippen LogP contribution in [0.5, 0.6) is 0 Å². The summed E-state index contributed by atoms with van der Waals surface area (Å²) in [6.07, 6.45) is 0.674. The predicted octanol–water partition coefficient (Wildman–Crippen LogP) is 1.25. The Hall–Kier alpha value is -2.10. The highest BCUT2D eigenvalue weighted by Gasteiger charge is 2.03. The molecule has 4 heteroatoms. The predicted molar refractivity (Wildman–Crippen MR) is 63.3 cm³/mol. The van der Waals surface area contributed by atoms with Gasteiger partial charge in [-0.05, 0) is 24.1 Å². The van der Waals surface area contributed by atoms with E-state index in [1.54, 1.807) is 6.07 Å². The van der Waals surface area contributed by atoms with E-state index in [0.29, 0.717) is 6.42 Å². The van der Waals surface area contributed by atoms with Gasteiger partial charge in [0.25, 0.3) is 5.56 Å². The van der Waals surface area contributed by atoms with Crippen molar-refractivity contribution < 1.29 is 0 Å². The molecule has 1 aromatic heterocycles. The summed E-state index contributed by atoms with van der Waals surface area (Å²) in [6.45, 7) is 2.05. The minimum atomic E-state index is -0.339. The number of nitrogens with one attached hydrogen (secondary N) is 1. The molecule has 0 radical (unpaired) electrons. The number of aryl methyl sites for hydroxylation is 1. The van der Waals surface area contributed by atoms with Gasteiger partial charge in [-0.2, -0.15) is 5.10 Å². The summed E-state index contributed by atoms with van der Waals surface area (Å²) < 4.78 is 0. The Morgan fingerprint density at radius 1 is 1.38 bits per heavy atom. The quantitative estimate of drug-likeness (QED) is 0.792. The number of benzene rings is 1. The number of hydrogen-bond acceptors (Lipinski definition) is 3. The number of aromatic amines is 1. The van der Waals surface area contributed by atoms with Crippen molar-refractivity contribution in [3.05, 3.63) is 57.5 Å². The zero-order valence-electron chi connectivity index (χ0n) is 9.03. The molecule has 1 aromatic carbocycles. The third-order valence-corrected chi connectivity index (χ3v) is 2.52. The summed E-state index contributed by atoms with van der Waals surface area (Å²) in [7, 11) is 0. The molecule has 0 spiro atoms. The number of nitrogens with zero attached hydrogens (tertiary/aromatic N) is 1. The van der Waals surface area contributed by atoms with E-state index in [9.17, 15) is 4.79 Å². The van der Waals surface area contributed by atoms with Crippen molar-refractivity contribution in [1.29, 1.82) is 0 Å². The van der Waals surface area contributed by atoms with Gasteiger partial charge < -0.3 is 5.73 Å². The topological polar surface area (TPSA) is 71.8 Å². The Balaban J connectivity index is 2.31. The molecule has 1 heterocycles. The average Bonchev–Trinajstić information content (AvgIpc) is 2.27. The Kier molecular flexibility index (Phi) is 2.72. The van der Waals surface area contributed by atoms with Crippen molar-refractivity contribution in [2.24, 2.45) is 0 Å². The molecular weight excluding hydrogens is 202 g/mol. The molecule has 0 fully saturated rings. The van der Waals surface area contributed by atoms with Crippen molar-refractivity contribution in [2.75, 3.05) is 5.73 Å². The molecule has 16 heavy (non-hydrogen) atoms. The SMILES string of the molecule is Cc1ccccc1Cc1cc(N)c(=O)[nH]n1. The van der Waals surface area contributed by atoms with Gasteiger partial charge in [0.2, 0.25) is 0 Å². The minimum Gasteiger partial charge on any atom is -0.394 e. The van der Waals surface area contributed by atoms with Gasteiger partial charge in [0.1, 0.15) is 5.69 Å². The normalized spacial score (nSPS) is 10.3. The van der Waals surface area contributed by atoms with Crippen LogP contribution in [0.4, 0.5) is 5.69 Å². The van der Waals surface area contributed by atoms with Crippen molar-refractivity contribution in [1.82, 2.24) is 10.2 Å². The van der Waals surface area contributed by atoms with E-state index in [4.69, 9.17) is 5.73 Å². The maximum atomic E-state index is 11.0. The number of hydrogen-bond donors (Lipinski definition) is 2. The second kappa shape index (κ2) is 4.18. The molecule has 0 aliphatic heterocycles. The van der Waals surface area contributed by atoms with E-state index >= 15 is 0 Å². The first kappa shape index (κ1) is 10.4. The summed E-state index contributed by atoms with van der Waals surface area (Å²) in [5, 5.41) is 6.34. The van der Waals surface area contributed by atoms with E-state index in [2.05, 4.69) is 10.2 Å². The zero-order chi connectivity index (χ0) is 11.5. The monoisotopic (exact) mass is 215 g/mol. The number of aromatic nitrogens is 2. The Morgan fingerprint density at radius 3 is 2.81 bits per heavy atom. The molecule has 0 bridgehead atoms. The molecule has 0 amide bonds. The summed E-state index contributed by atoms with van der Waals surface area (Å²) >= 11 is 0. The highest BCUT2D eigenvalue weighted by Crippen LogP contribution is 2.11. The second-order valence-corrected chi connectivity index (χ2v) is 3.75. The standard InChI is InChI=1S/C12H13N3O/c1-8-4-2-3-5-9(8)6-10-7-11(13)12(16)15-14-10/h2-5,7H,6H2,1H3,(H2,13,14)(H,15,16). The molecular formula is C12H13N3O. The molecule has 0 aliphatic rings. The maximum Gasteiger partial charge on any atom is 0.287 e. The van der Waals surface area contributed by atoms with Crippen LogP contribution in [0.2, 0.25) is 0 Å². The van der Waals surface area contributed by atoms with E-state index in [1.165, 1.54) is 11.1 Å². The van der Waals surface area contributed by atoms with Gasteiger partial charge >= 0.3 is 0 Å². The molecule has 82 valence electrons.